The third-order valence-corrected chi connectivity index (χ3v) is 8.63. The van der Waals surface area contributed by atoms with Crippen LogP contribution in [0.4, 0.5) is 0 Å². The van der Waals surface area contributed by atoms with Crippen LogP contribution in [-0.2, 0) is 20.9 Å². The average Bonchev–Trinajstić information content (AvgIpc) is 2.85. The lowest BCUT2D eigenvalue weighted by atomic mass is 9.65. The summed E-state index contributed by atoms with van der Waals surface area (Å²) >= 11 is 2.21. The van der Waals surface area contributed by atoms with E-state index in [0.717, 1.165) is 14.7 Å². The molecule has 0 radical (unpaired) electrons. The molecule has 0 fully saturated rings. The number of aromatic carboxylic acids is 1. The monoisotopic (exact) mass is 670 g/mol. The van der Waals surface area contributed by atoms with Crippen LogP contribution >= 0.6 is 22.6 Å². The maximum atomic E-state index is 13.7. The quantitative estimate of drug-likeness (QED) is 0.307. The van der Waals surface area contributed by atoms with E-state index in [9.17, 15) is 19.5 Å². The highest BCUT2D eigenvalue weighted by atomic mass is 127. The molecule has 3 aliphatic rings. The molecule has 41 heavy (non-hydrogen) atoms. The number of carbonyl (C=O) groups is 3. The molecule has 0 unspecified atom stereocenters. The number of carboxylic acid groups (broad SMARTS) is 1. The van der Waals surface area contributed by atoms with Crippen molar-refractivity contribution in [1.29, 1.82) is 0 Å². The van der Waals surface area contributed by atoms with Gasteiger partial charge in [0.15, 0.2) is 23.1 Å². The molecular weight excluding hydrogens is 635 g/mol. The molecule has 1 heterocycles. The van der Waals surface area contributed by atoms with Gasteiger partial charge in [-0.1, -0.05) is 39.8 Å². The van der Waals surface area contributed by atoms with Crippen molar-refractivity contribution in [2.75, 3.05) is 6.61 Å². The number of Topliss-reactive ketones (excluding diaryl/α,β-unsaturated/α-hetero) is 2. The van der Waals surface area contributed by atoms with Crippen molar-refractivity contribution in [3.63, 3.8) is 0 Å². The molecule has 1 N–H and O–H groups in total. The van der Waals surface area contributed by atoms with Gasteiger partial charge in [0.1, 0.15) is 18.1 Å². The molecular formula is C33H35IO7. The van der Waals surface area contributed by atoms with E-state index in [1.54, 1.807) is 24.3 Å². The van der Waals surface area contributed by atoms with E-state index in [4.69, 9.17) is 14.2 Å². The molecule has 0 bridgehead atoms. The summed E-state index contributed by atoms with van der Waals surface area (Å²) in [4.78, 5) is 38.5. The van der Waals surface area contributed by atoms with Crippen molar-refractivity contribution < 1.29 is 33.7 Å². The van der Waals surface area contributed by atoms with Gasteiger partial charge in [0.25, 0.3) is 0 Å². The van der Waals surface area contributed by atoms with Crippen LogP contribution in [0.1, 0.15) is 87.7 Å². The second-order valence-electron chi connectivity index (χ2n) is 12.6. The fourth-order valence-corrected chi connectivity index (χ4v) is 6.85. The fourth-order valence-electron chi connectivity index (χ4n) is 6.06. The maximum absolute atomic E-state index is 13.7. The number of rotatable bonds is 7. The molecule has 5 rings (SSSR count). The van der Waals surface area contributed by atoms with E-state index in [1.165, 1.54) is 0 Å². The number of benzene rings is 2. The van der Waals surface area contributed by atoms with Gasteiger partial charge in [-0.15, -0.1) is 0 Å². The first-order chi connectivity index (χ1) is 19.3. The maximum Gasteiger partial charge on any atom is 0.335 e. The molecule has 0 saturated heterocycles. The minimum atomic E-state index is -0.981. The lowest BCUT2D eigenvalue weighted by molar-refractivity contribution is -0.120. The molecule has 8 heteroatoms. The smallest absolute Gasteiger partial charge is 0.335 e. The Morgan fingerprint density at radius 2 is 1.49 bits per heavy atom. The van der Waals surface area contributed by atoms with Crippen molar-refractivity contribution in [2.45, 2.75) is 72.8 Å². The summed E-state index contributed by atoms with van der Waals surface area (Å²) in [5, 5.41) is 9.17. The Kier molecular flexibility index (Phi) is 7.82. The molecule has 1 aliphatic heterocycles. The first-order valence-corrected chi connectivity index (χ1v) is 15.0. The summed E-state index contributed by atoms with van der Waals surface area (Å²) in [6.45, 7) is 10.8. The number of carboxylic acids is 1. The van der Waals surface area contributed by atoms with Crippen LogP contribution in [0, 0.1) is 14.4 Å². The number of carbonyl (C=O) groups excluding carboxylic acids is 2. The largest absolute Gasteiger partial charge is 0.490 e. The number of hydrogen-bond acceptors (Lipinski definition) is 6. The van der Waals surface area contributed by atoms with Gasteiger partial charge in [0.05, 0.1) is 15.7 Å². The molecule has 0 saturated carbocycles. The molecule has 2 aliphatic carbocycles. The Hall–Kier alpha value is -3.14. The predicted molar refractivity (Wildman–Crippen MR) is 162 cm³/mol. The number of ether oxygens (including phenoxy) is 3. The van der Waals surface area contributed by atoms with Crippen molar-refractivity contribution in [3.05, 3.63) is 79.3 Å². The highest BCUT2D eigenvalue weighted by molar-refractivity contribution is 14.1. The lowest BCUT2D eigenvalue weighted by Crippen LogP contribution is -2.37. The minimum Gasteiger partial charge on any atom is -0.490 e. The molecule has 0 spiro atoms. The SMILES string of the molecule is CCOc1cc(C2C3=C(CC(C)(C)CC3=O)OC3=C2C(=O)CC(C)(C)C3)cc(I)c1OCc1ccc(C(=O)O)cc1. The van der Waals surface area contributed by atoms with E-state index in [2.05, 4.69) is 50.3 Å². The third kappa shape index (κ3) is 5.94. The van der Waals surface area contributed by atoms with Crippen LogP contribution in [-0.4, -0.2) is 29.2 Å². The van der Waals surface area contributed by atoms with E-state index in [1.807, 2.05) is 19.1 Å². The zero-order valence-corrected chi connectivity index (χ0v) is 26.2. The van der Waals surface area contributed by atoms with E-state index in [-0.39, 0.29) is 34.6 Å². The van der Waals surface area contributed by atoms with Crippen LogP contribution in [0.15, 0.2) is 59.1 Å². The second kappa shape index (κ2) is 10.9. The molecule has 0 atom stereocenters. The molecule has 216 valence electrons. The van der Waals surface area contributed by atoms with E-state index >= 15 is 0 Å². The Labute approximate surface area is 254 Å². The van der Waals surface area contributed by atoms with Crippen LogP contribution in [0.25, 0.3) is 0 Å². The van der Waals surface area contributed by atoms with Crippen molar-refractivity contribution >= 4 is 40.1 Å². The Bertz CT molecular complexity index is 1440. The number of allylic oxidation sites excluding steroid dienone is 4. The fraction of sp³-hybridized carbons (Fsp3) is 0.424. The van der Waals surface area contributed by atoms with Crippen LogP contribution < -0.4 is 9.47 Å². The highest BCUT2D eigenvalue weighted by Crippen LogP contribution is 2.54. The molecule has 2 aromatic carbocycles. The lowest BCUT2D eigenvalue weighted by Gasteiger charge is -2.42. The van der Waals surface area contributed by atoms with Crippen LogP contribution in [0.3, 0.4) is 0 Å². The topological polar surface area (TPSA) is 99.1 Å². The Morgan fingerprint density at radius 3 is 2.00 bits per heavy atom. The first-order valence-electron chi connectivity index (χ1n) is 13.9. The van der Waals surface area contributed by atoms with Crippen molar-refractivity contribution in [1.82, 2.24) is 0 Å². The normalized spacial score (nSPS) is 19.9. The van der Waals surface area contributed by atoms with Gasteiger partial charge in [-0.25, -0.2) is 4.79 Å². The number of ketones is 2. The second-order valence-corrected chi connectivity index (χ2v) is 13.8. The van der Waals surface area contributed by atoms with Gasteiger partial charge in [-0.2, -0.15) is 0 Å². The van der Waals surface area contributed by atoms with E-state index in [0.29, 0.717) is 66.5 Å². The zero-order chi connectivity index (χ0) is 29.7. The van der Waals surface area contributed by atoms with E-state index < -0.39 is 11.9 Å². The Balaban J connectivity index is 1.57. The highest BCUT2D eigenvalue weighted by Gasteiger charge is 2.48. The minimum absolute atomic E-state index is 0.0172. The van der Waals surface area contributed by atoms with Crippen LogP contribution in [0.2, 0.25) is 0 Å². The first kappa shape index (κ1) is 29.4. The predicted octanol–water partition coefficient (Wildman–Crippen LogP) is 7.37. The molecule has 2 aromatic rings. The van der Waals surface area contributed by atoms with Crippen molar-refractivity contribution in [3.8, 4) is 11.5 Å². The summed E-state index contributed by atoms with van der Waals surface area (Å²) in [6, 6.07) is 10.4. The average molecular weight is 671 g/mol. The van der Waals surface area contributed by atoms with Gasteiger partial charge >= 0.3 is 5.97 Å². The third-order valence-electron chi connectivity index (χ3n) is 7.83. The summed E-state index contributed by atoms with van der Waals surface area (Å²) in [6.07, 6.45) is 2.05. The standard InChI is InChI=1S/C33H35IO7/c1-6-39-24-12-20(11-21(34)30(24)40-17-18-7-9-19(10-8-18)31(37)38)27-28-22(35)13-32(2,3)15-25(28)41-26-16-33(4,5)14-23(36)29(26)27/h7-12,27H,6,13-17H2,1-5H3,(H,37,38). The number of halogens is 1. The summed E-state index contributed by atoms with van der Waals surface area (Å²) in [5.41, 5.74) is 2.55. The van der Waals surface area contributed by atoms with Gasteiger partial charge < -0.3 is 19.3 Å². The zero-order valence-electron chi connectivity index (χ0n) is 24.1. The van der Waals surface area contributed by atoms with Gasteiger partial charge in [-0.05, 0) is 75.7 Å². The molecule has 7 nitrogen and oxygen atoms in total. The Morgan fingerprint density at radius 1 is 0.927 bits per heavy atom. The summed E-state index contributed by atoms with van der Waals surface area (Å²) in [5.74, 6) is 0.974. The van der Waals surface area contributed by atoms with Gasteiger partial charge in [0.2, 0.25) is 0 Å². The summed E-state index contributed by atoms with van der Waals surface area (Å²) < 4.78 is 19.4. The molecule has 0 amide bonds. The van der Waals surface area contributed by atoms with Gasteiger partial charge in [-0.3, -0.25) is 9.59 Å². The summed E-state index contributed by atoms with van der Waals surface area (Å²) in [7, 11) is 0. The number of hydrogen-bond donors (Lipinski definition) is 1. The van der Waals surface area contributed by atoms with Gasteiger partial charge in [0, 0.05) is 42.7 Å². The molecule has 0 aromatic heterocycles. The van der Waals surface area contributed by atoms with Crippen molar-refractivity contribution in [2.24, 2.45) is 10.8 Å². The van der Waals surface area contributed by atoms with Crippen LogP contribution in [0.5, 0.6) is 11.5 Å².